The number of anilines is 1. The van der Waals surface area contributed by atoms with Gasteiger partial charge in [-0.05, 0) is 15.9 Å². The quantitative estimate of drug-likeness (QED) is 0.378. The molecule has 2 fully saturated rings. The fraction of sp³-hybridized carbons (Fsp3) is 0.545. The first-order valence-corrected chi connectivity index (χ1v) is 7.68. The number of rotatable bonds is 1. The molecule has 23 heavy (non-hydrogen) atoms. The van der Waals surface area contributed by atoms with E-state index in [0.29, 0.717) is 15.9 Å². The molecule has 12 heteroatoms. The van der Waals surface area contributed by atoms with Gasteiger partial charge in [-0.2, -0.15) is 0 Å². The number of aliphatic hydroxyl groups excluding tert-OH is 1. The van der Waals surface area contributed by atoms with E-state index in [9.17, 15) is 10.2 Å². The first-order valence-electron chi connectivity index (χ1n) is 6.89. The summed E-state index contributed by atoms with van der Waals surface area (Å²) in [5.74, 6) is -1.54. The summed E-state index contributed by atoms with van der Waals surface area (Å²) in [5.41, 5.74) is 6.61. The third-order valence-corrected chi connectivity index (χ3v) is 4.46. The van der Waals surface area contributed by atoms with Gasteiger partial charge in [0.2, 0.25) is 13.7 Å². The van der Waals surface area contributed by atoms with Crippen molar-refractivity contribution in [1.29, 1.82) is 0 Å². The van der Waals surface area contributed by atoms with Crippen LogP contribution in [0.5, 0.6) is 0 Å². The van der Waals surface area contributed by atoms with Crippen molar-refractivity contribution in [2.24, 2.45) is 0 Å². The molecule has 2 aromatic heterocycles. The van der Waals surface area contributed by atoms with Crippen LogP contribution in [-0.2, 0) is 14.2 Å². The van der Waals surface area contributed by atoms with Crippen molar-refractivity contribution in [2.75, 3.05) is 12.3 Å². The van der Waals surface area contributed by atoms with Crippen LogP contribution in [0.2, 0.25) is 0 Å². The number of aliphatic hydroxyl groups is 2. The molecule has 0 aliphatic carbocycles. The van der Waals surface area contributed by atoms with Crippen LogP contribution in [0.4, 0.5) is 5.82 Å². The molecule has 0 radical (unpaired) electrons. The van der Waals surface area contributed by atoms with Gasteiger partial charge in [-0.15, -0.1) is 0 Å². The number of nitrogen functional groups attached to an aromatic ring is 1. The molecule has 5 atom stereocenters. The van der Waals surface area contributed by atoms with Gasteiger partial charge in [-0.25, -0.2) is 15.0 Å². The average Bonchev–Trinajstić information content (AvgIpc) is 2.97. The summed E-state index contributed by atoms with van der Waals surface area (Å²) in [7, 11) is 1.36. The number of nitrogens with zero attached hydrogens (tertiary/aromatic N) is 4. The molecule has 0 amide bonds. The summed E-state index contributed by atoms with van der Waals surface area (Å²) in [6.07, 6.45) is -1.84. The van der Waals surface area contributed by atoms with Gasteiger partial charge in [0.25, 0.3) is 0 Å². The second kappa shape index (κ2) is 5.09. The molecule has 10 nitrogen and oxygen atoms in total. The number of halogens is 1. The Morgan fingerprint density at radius 3 is 3.04 bits per heavy atom. The van der Waals surface area contributed by atoms with Crippen molar-refractivity contribution in [2.45, 2.75) is 30.4 Å². The van der Waals surface area contributed by atoms with E-state index in [-0.39, 0.29) is 12.4 Å². The molecule has 4 N–H and O–H groups in total. The molecule has 0 spiro atoms. The van der Waals surface area contributed by atoms with Gasteiger partial charge in [0.05, 0.1) is 6.61 Å². The second-order valence-electron chi connectivity index (χ2n) is 5.53. The zero-order valence-electron chi connectivity index (χ0n) is 12.0. The highest BCUT2D eigenvalue weighted by Crippen LogP contribution is 2.39. The third-order valence-electron chi connectivity index (χ3n) is 3.90. The lowest BCUT2D eigenvalue weighted by Crippen LogP contribution is -2.53. The highest BCUT2D eigenvalue weighted by molar-refractivity contribution is 9.10. The minimum atomic E-state index is -1.76. The lowest BCUT2D eigenvalue weighted by atomic mass is 10.0. The van der Waals surface area contributed by atoms with Gasteiger partial charge in [0.1, 0.15) is 24.6 Å². The predicted octanol–water partition coefficient (Wildman–Crippen LogP) is -1.92. The Balaban J connectivity index is 1.75. The number of imidazole rings is 1. The number of ether oxygens (including phenoxy) is 3. The molecule has 4 rings (SSSR count). The number of fused-ring (bicyclic) bond motifs is 2. The Kier molecular flexibility index (Phi) is 3.37. The van der Waals surface area contributed by atoms with E-state index in [4.69, 9.17) is 19.9 Å². The van der Waals surface area contributed by atoms with Crippen molar-refractivity contribution < 1.29 is 24.4 Å². The van der Waals surface area contributed by atoms with E-state index in [1.807, 2.05) is 0 Å². The molecule has 3 unspecified atom stereocenters. The maximum atomic E-state index is 10.6. The van der Waals surface area contributed by atoms with Crippen molar-refractivity contribution in [3.05, 3.63) is 11.1 Å². The van der Waals surface area contributed by atoms with Crippen molar-refractivity contribution in [3.8, 4) is 0 Å². The first-order chi connectivity index (χ1) is 10.9. The SMILES string of the molecule is BC1(O)OCC2O[C@@H](n3c(Br)nc4c(N)ncnc43)[C@@H](O)C2O1. The van der Waals surface area contributed by atoms with Crippen molar-refractivity contribution >= 4 is 40.8 Å². The fourth-order valence-corrected chi connectivity index (χ4v) is 3.41. The summed E-state index contributed by atoms with van der Waals surface area (Å²) in [6, 6.07) is 0. The van der Waals surface area contributed by atoms with E-state index < -0.39 is 30.4 Å². The molecule has 2 aliphatic rings. The van der Waals surface area contributed by atoms with Crippen LogP contribution in [0, 0.1) is 0 Å². The number of hydrogen-bond acceptors (Lipinski definition) is 9. The normalized spacial score (nSPS) is 37.2. The minimum absolute atomic E-state index is 0.0899. The Bertz CT molecular complexity index is 773. The topological polar surface area (TPSA) is 138 Å². The number of nitrogens with two attached hydrogens (primary N) is 1. The standard InChI is InChI=1S/C11H13BBrN5O5/c12-11(20)21-1-3-6(23-11)5(19)9(22-3)18-8-4(17-10(18)13)7(14)15-2-16-8/h2-3,5-6,9,19-20H,1,12H2,(H2,14,15,16)/t3?,5-,6?,9+,11?/m0/s1. The Labute approximate surface area is 139 Å². The van der Waals surface area contributed by atoms with Gasteiger partial charge in [-0.1, -0.05) is 0 Å². The smallest absolute Gasteiger partial charge is 0.228 e. The Morgan fingerprint density at radius 2 is 2.26 bits per heavy atom. The molecule has 122 valence electrons. The third kappa shape index (κ3) is 2.33. The summed E-state index contributed by atoms with van der Waals surface area (Å²) in [5, 5.41) is 20.4. The van der Waals surface area contributed by atoms with E-state index >= 15 is 0 Å². The average molecular weight is 386 g/mol. The molecular weight excluding hydrogens is 373 g/mol. The Hall–Kier alpha value is -1.31. The molecule has 2 aliphatic heterocycles. The molecule has 4 heterocycles. The molecule has 0 saturated carbocycles. The molecular formula is C11H13BBrN5O5. The van der Waals surface area contributed by atoms with Gasteiger partial charge in [0.15, 0.2) is 27.9 Å². The van der Waals surface area contributed by atoms with Gasteiger partial charge in [0, 0.05) is 0 Å². The van der Waals surface area contributed by atoms with Crippen LogP contribution < -0.4 is 5.73 Å². The van der Waals surface area contributed by atoms with Crippen LogP contribution in [0.15, 0.2) is 11.1 Å². The Morgan fingerprint density at radius 1 is 1.48 bits per heavy atom. The highest BCUT2D eigenvalue weighted by Gasteiger charge is 2.52. The monoisotopic (exact) mass is 385 g/mol. The van der Waals surface area contributed by atoms with Gasteiger partial charge >= 0.3 is 0 Å². The summed E-state index contributed by atoms with van der Waals surface area (Å²) >= 11 is 3.32. The lowest BCUT2D eigenvalue weighted by molar-refractivity contribution is -0.364. The zero-order valence-corrected chi connectivity index (χ0v) is 13.5. The molecule has 2 aromatic rings. The van der Waals surface area contributed by atoms with Crippen molar-refractivity contribution in [3.63, 3.8) is 0 Å². The molecule has 0 bridgehead atoms. The van der Waals surface area contributed by atoms with Crippen LogP contribution >= 0.6 is 15.9 Å². The predicted molar refractivity (Wildman–Crippen MR) is 81.7 cm³/mol. The summed E-state index contributed by atoms with van der Waals surface area (Å²) in [6.45, 7) is 0.0899. The van der Waals surface area contributed by atoms with Gasteiger partial charge in [-0.3, -0.25) is 4.57 Å². The minimum Gasteiger partial charge on any atom is -0.386 e. The maximum absolute atomic E-state index is 10.6. The lowest BCUT2D eigenvalue weighted by Gasteiger charge is -2.36. The van der Waals surface area contributed by atoms with E-state index in [2.05, 4.69) is 30.9 Å². The van der Waals surface area contributed by atoms with Gasteiger partial charge < -0.3 is 30.2 Å². The van der Waals surface area contributed by atoms with E-state index in [1.54, 1.807) is 4.57 Å². The van der Waals surface area contributed by atoms with E-state index in [0.717, 1.165) is 0 Å². The number of aromatic nitrogens is 4. The van der Waals surface area contributed by atoms with Crippen LogP contribution in [-0.4, -0.2) is 68.4 Å². The van der Waals surface area contributed by atoms with Crippen LogP contribution in [0.1, 0.15) is 6.23 Å². The number of hydrogen-bond donors (Lipinski definition) is 3. The summed E-state index contributed by atoms with van der Waals surface area (Å²) < 4.78 is 18.3. The largest absolute Gasteiger partial charge is 0.386 e. The fourth-order valence-electron chi connectivity index (χ4n) is 2.86. The zero-order chi connectivity index (χ0) is 16.4. The maximum Gasteiger partial charge on any atom is 0.228 e. The summed E-state index contributed by atoms with van der Waals surface area (Å²) in [4.78, 5) is 12.3. The molecule has 2 saturated heterocycles. The molecule has 0 aromatic carbocycles. The second-order valence-corrected chi connectivity index (χ2v) is 6.24. The van der Waals surface area contributed by atoms with Crippen LogP contribution in [0.3, 0.4) is 0 Å². The van der Waals surface area contributed by atoms with Crippen molar-refractivity contribution in [1.82, 2.24) is 19.5 Å². The van der Waals surface area contributed by atoms with E-state index in [1.165, 1.54) is 14.2 Å². The van der Waals surface area contributed by atoms with Crippen LogP contribution in [0.25, 0.3) is 11.2 Å². The highest BCUT2D eigenvalue weighted by atomic mass is 79.9. The first kappa shape index (κ1) is 15.2.